The maximum Gasteiger partial charge on any atom is 0.230 e. The molecule has 2 aliphatic rings. The summed E-state index contributed by atoms with van der Waals surface area (Å²) >= 11 is 12.8. The first-order valence-corrected chi connectivity index (χ1v) is 13.4. The van der Waals surface area contributed by atoms with Crippen LogP contribution in [0.2, 0.25) is 10.0 Å². The molecule has 2 aromatic heterocycles. The minimum atomic E-state index is -0.189. The van der Waals surface area contributed by atoms with E-state index in [0.29, 0.717) is 23.2 Å². The normalized spacial score (nSPS) is 15.3. The lowest BCUT2D eigenvalue weighted by atomic mass is 10.1. The van der Waals surface area contributed by atoms with Crippen molar-refractivity contribution in [1.29, 1.82) is 0 Å². The van der Waals surface area contributed by atoms with Crippen molar-refractivity contribution < 1.29 is 14.6 Å². The minimum Gasteiger partial charge on any atom is -0.506 e. The number of anilines is 3. The number of carbonyl (C=O) groups is 1. The maximum absolute atomic E-state index is 11.6. The highest BCUT2D eigenvalue weighted by molar-refractivity contribution is 6.41. The number of phenols is 1. The summed E-state index contributed by atoms with van der Waals surface area (Å²) in [7, 11) is 1.44. The van der Waals surface area contributed by atoms with Crippen molar-refractivity contribution in [2.75, 3.05) is 43.9 Å². The Morgan fingerprint density at radius 2 is 1.85 bits per heavy atom. The predicted octanol–water partition coefficient (Wildman–Crippen LogP) is 4.84. The number of nitrogens with one attached hydrogen (secondary N) is 2. The van der Waals surface area contributed by atoms with Crippen LogP contribution in [0.4, 0.5) is 17.5 Å². The number of benzene rings is 1. The van der Waals surface area contributed by atoms with E-state index in [9.17, 15) is 9.90 Å². The number of amides is 1. The number of aromatic nitrogens is 4. The van der Waals surface area contributed by atoms with Gasteiger partial charge in [0.1, 0.15) is 33.7 Å². The number of methoxy groups -OCH3 is 1. The van der Waals surface area contributed by atoms with Crippen LogP contribution in [-0.2, 0) is 4.79 Å². The Balaban J connectivity index is 1.33. The standard InChI is InChI=1S/C27H28Cl2N8O3/c1-16(38)36-10-12-37(13-11-36)18-7-5-17(6-8-18)33-27-32-15-31-26(35-27)19-4-3-9-30-25(19)34-24-22(28)20(39)14-21(40-2)23(24)29/h3-5,7,9,14-15,39H,6,8,10-13H2,1-2H3,(H,30,34)(H,31,32,33,35). The fourth-order valence-corrected chi connectivity index (χ4v) is 5.11. The Labute approximate surface area is 241 Å². The van der Waals surface area contributed by atoms with Crippen LogP contribution in [0.5, 0.6) is 11.5 Å². The van der Waals surface area contributed by atoms with Crippen molar-refractivity contribution in [1.82, 2.24) is 29.7 Å². The lowest BCUT2D eigenvalue weighted by molar-refractivity contribution is -0.130. The van der Waals surface area contributed by atoms with E-state index >= 15 is 0 Å². The molecule has 1 aliphatic heterocycles. The lowest BCUT2D eigenvalue weighted by Gasteiger charge is -2.37. The molecule has 13 heteroatoms. The topological polar surface area (TPSA) is 129 Å². The Hall–Kier alpha value is -4.09. The molecule has 3 heterocycles. The second-order valence-electron chi connectivity index (χ2n) is 9.23. The molecule has 40 heavy (non-hydrogen) atoms. The number of carbonyl (C=O) groups excluding carboxylic acids is 1. The third kappa shape index (κ3) is 5.90. The smallest absolute Gasteiger partial charge is 0.230 e. The first-order chi connectivity index (χ1) is 19.3. The van der Waals surface area contributed by atoms with Gasteiger partial charge in [0.2, 0.25) is 11.9 Å². The summed E-state index contributed by atoms with van der Waals surface area (Å²) in [5.41, 5.74) is 3.06. The molecule has 0 bridgehead atoms. The van der Waals surface area contributed by atoms with Gasteiger partial charge in [-0.2, -0.15) is 4.98 Å². The SMILES string of the molecule is COc1cc(O)c(Cl)c(Nc2ncccc2-c2ncnc(NC3=CC=C(N4CCN(C(C)=O)CC4)CC3)n2)c1Cl. The predicted molar refractivity (Wildman–Crippen MR) is 154 cm³/mol. The summed E-state index contributed by atoms with van der Waals surface area (Å²) in [6.07, 6.45) is 8.86. The summed E-state index contributed by atoms with van der Waals surface area (Å²) < 4.78 is 5.24. The van der Waals surface area contributed by atoms with E-state index in [-0.39, 0.29) is 33.1 Å². The lowest BCUT2D eigenvalue weighted by Crippen LogP contribution is -2.47. The highest BCUT2D eigenvalue weighted by Gasteiger charge is 2.22. The zero-order chi connectivity index (χ0) is 28.2. The van der Waals surface area contributed by atoms with Crippen LogP contribution in [0.3, 0.4) is 0 Å². The summed E-state index contributed by atoms with van der Waals surface area (Å²) in [5, 5.41) is 16.8. The molecule has 3 N–H and O–H groups in total. The van der Waals surface area contributed by atoms with Gasteiger partial charge in [-0.3, -0.25) is 4.79 Å². The number of piperazine rings is 1. The highest BCUT2D eigenvalue weighted by Crippen LogP contribution is 2.45. The van der Waals surface area contributed by atoms with Crippen LogP contribution in [0.25, 0.3) is 11.4 Å². The van der Waals surface area contributed by atoms with Gasteiger partial charge in [0.05, 0.1) is 18.4 Å². The summed E-state index contributed by atoms with van der Waals surface area (Å²) in [6.45, 7) is 4.79. The molecule has 1 aliphatic carbocycles. The number of aromatic hydroxyl groups is 1. The molecule has 0 spiro atoms. The van der Waals surface area contributed by atoms with Gasteiger partial charge in [0, 0.05) is 56.8 Å². The van der Waals surface area contributed by atoms with E-state index in [1.54, 1.807) is 25.3 Å². The number of hydrogen-bond donors (Lipinski definition) is 3. The van der Waals surface area contributed by atoms with Gasteiger partial charge in [-0.15, -0.1) is 0 Å². The number of ether oxygens (including phenoxy) is 1. The van der Waals surface area contributed by atoms with Gasteiger partial charge in [0.15, 0.2) is 5.82 Å². The number of rotatable bonds is 7. The van der Waals surface area contributed by atoms with Crippen molar-refractivity contribution in [2.45, 2.75) is 19.8 Å². The molecule has 0 unspecified atom stereocenters. The molecule has 5 rings (SSSR count). The molecule has 1 fully saturated rings. The molecule has 11 nitrogen and oxygen atoms in total. The second kappa shape index (κ2) is 12.0. The maximum atomic E-state index is 11.6. The molecule has 3 aromatic rings. The number of nitrogens with zero attached hydrogens (tertiary/aromatic N) is 6. The third-order valence-corrected chi connectivity index (χ3v) is 7.52. The first kappa shape index (κ1) is 27.5. The van der Waals surface area contributed by atoms with Gasteiger partial charge in [0.25, 0.3) is 0 Å². The van der Waals surface area contributed by atoms with Crippen LogP contribution in [-0.4, -0.2) is 74.0 Å². The van der Waals surface area contributed by atoms with Gasteiger partial charge >= 0.3 is 0 Å². The number of phenolic OH excluding ortho intramolecular Hbond substituents is 1. The number of hydrogen-bond acceptors (Lipinski definition) is 10. The van der Waals surface area contributed by atoms with E-state index in [0.717, 1.165) is 44.7 Å². The summed E-state index contributed by atoms with van der Waals surface area (Å²) in [4.78, 5) is 33.5. The van der Waals surface area contributed by atoms with Gasteiger partial charge in [-0.25, -0.2) is 15.0 Å². The number of halogens is 2. The molecular weight excluding hydrogens is 555 g/mol. The van der Waals surface area contributed by atoms with E-state index in [1.165, 1.54) is 25.2 Å². The molecule has 0 radical (unpaired) electrons. The quantitative estimate of drug-likeness (QED) is 0.356. The Morgan fingerprint density at radius 3 is 2.55 bits per heavy atom. The largest absolute Gasteiger partial charge is 0.506 e. The van der Waals surface area contributed by atoms with Crippen molar-refractivity contribution in [2.24, 2.45) is 0 Å². The van der Waals surface area contributed by atoms with Gasteiger partial charge in [-0.05, 0) is 37.1 Å². The van der Waals surface area contributed by atoms with Gasteiger partial charge in [-0.1, -0.05) is 23.2 Å². The third-order valence-electron chi connectivity index (χ3n) is 6.76. The molecule has 1 amide bonds. The summed E-state index contributed by atoms with van der Waals surface area (Å²) in [6, 6.07) is 4.90. The Kier molecular flexibility index (Phi) is 8.22. The molecule has 0 atom stereocenters. The molecule has 208 valence electrons. The van der Waals surface area contributed by atoms with Crippen LogP contribution in [0.15, 0.2) is 54.3 Å². The monoisotopic (exact) mass is 582 g/mol. The fourth-order valence-electron chi connectivity index (χ4n) is 4.59. The van der Waals surface area contributed by atoms with E-state index in [1.807, 2.05) is 11.0 Å². The van der Waals surface area contributed by atoms with Crippen LogP contribution in [0.1, 0.15) is 19.8 Å². The first-order valence-electron chi connectivity index (χ1n) is 12.7. The average Bonchev–Trinajstić information content (AvgIpc) is 2.98. The van der Waals surface area contributed by atoms with Crippen LogP contribution in [0, 0.1) is 0 Å². The molecule has 0 saturated carbocycles. The van der Waals surface area contributed by atoms with E-state index < -0.39 is 0 Å². The highest BCUT2D eigenvalue weighted by atomic mass is 35.5. The Bertz CT molecular complexity index is 1490. The molecular formula is C27H28Cl2N8O3. The fraction of sp³-hybridized carbons (Fsp3) is 0.296. The zero-order valence-electron chi connectivity index (χ0n) is 22.0. The van der Waals surface area contributed by atoms with Gasteiger partial charge < -0.3 is 30.3 Å². The number of pyridine rings is 1. The van der Waals surface area contributed by atoms with E-state index in [4.69, 9.17) is 27.9 Å². The van der Waals surface area contributed by atoms with Crippen molar-refractivity contribution in [3.05, 3.63) is 64.3 Å². The average molecular weight is 583 g/mol. The zero-order valence-corrected chi connectivity index (χ0v) is 23.5. The van der Waals surface area contributed by atoms with Crippen molar-refractivity contribution in [3.8, 4) is 22.9 Å². The van der Waals surface area contributed by atoms with Crippen LogP contribution >= 0.6 is 23.2 Å². The summed E-state index contributed by atoms with van der Waals surface area (Å²) in [5.74, 6) is 1.35. The van der Waals surface area contributed by atoms with E-state index in [2.05, 4.69) is 41.5 Å². The van der Waals surface area contributed by atoms with Crippen molar-refractivity contribution in [3.63, 3.8) is 0 Å². The Morgan fingerprint density at radius 1 is 1.05 bits per heavy atom. The minimum absolute atomic E-state index is 0.0257. The molecule has 1 saturated heterocycles. The molecule has 1 aromatic carbocycles. The van der Waals surface area contributed by atoms with Crippen LogP contribution < -0.4 is 15.4 Å². The number of allylic oxidation sites excluding steroid dienone is 4. The second-order valence-corrected chi connectivity index (χ2v) is 9.98. The van der Waals surface area contributed by atoms with Crippen molar-refractivity contribution >= 4 is 46.6 Å².